The van der Waals surface area contributed by atoms with Crippen LogP contribution in [0.25, 0.3) is 10.9 Å². The summed E-state index contributed by atoms with van der Waals surface area (Å²) in [5, 5.41) is 20.7. The van der Waals surface area contributed by atoms with E-state index in [2.05, 4.69) is 4.98 Å². The second-order valence-electron chi connectivity index (χ2n) is 4.27. The molecular formula is C13H13NO2. The third-order valence-electron chi connectivity index (χ3n) is 3.27. The van der Waals surface area contributed by atoms with E-state index in [1.165, 1.54) is 0 Å². The molecule has 82 valence electrons. The van der Waals surface area contributed by atoms with Crippen molar-refractivity contribution in [1.82, 2.24) is 4.98 Å². The highest BCUT2D eigenvalue weighted by Gasteiger charge is 2.28. The molecule has 0 aliphatic heterocycles. The first kappa shape index (κ1) is 9.75. The zero-order valence-corrected chi connectivity index (χ0v) is 8.80. The molecule has 0 amide bonds. The minimum absolute atomic E-state index is 0.605. The van der Waals surface area contributed by atoms with Crippen LogP contribution >= 0.6 is 0 Å². The summed E-state index contributed by atoms with van der Waals surface area (Å²) in [4.78, 5) is 4.36. The van der Waals surface area contributed by atoms with E-state index in [1.54, 1.807) is 0 Å². The lowest BCUT2D eigenvalue weighted by Gasteiger charge is -2.27. The third-order valence-corrected chi connectivity index (χ3v) is 3.27. The van der Waals surface area contributed by atoms with Crippen LogP contribution in [0.4, 0.5) is 0 Å². The molecule has 0 spiro atoms. The normalized spacial score (nSPS) is 24.4. The minimum Gasteiger partial charge on any atom is -0.390 e. The number of rotatable bonds is 0. The summed E-state index contributed by atoms with van der Waals surface area (Å²) < 4.78 is 0. The number of aromatic nitrogens is 1. The molecule has 1 aromatic heterocycles. The number of aryl methyl sites for hydroxylation is 1. The largest absolute Gasteiger partial charge is 0.390 e. The maximum Gasteiger partial charge on any atom is 0.106 e. The fraction of sp³-hybridized carbons (Fsp3) is 0.308. The predicted molar refractivity (Wildman–Crippen MR) is 61.0 cm³/mol. The lowest BCUT2D eigenvalue weighted by atomic mass is 9.86. The zero-order valence-electron chi connectivity index (χ0n) is 8.80. The molecule has 3 heteroatoms. The molecule has 1 aliphatic carbocycles. The van der Waals surface area contributed by atoms with Crippen molar-refractivity contribution in [2.24, 2.45) is 0 Å². The first-order valence-electron chi connectivity index (χ1n) is 5.50. The molecule has 3 nitrogen and oxygen atoms in total. The maximum absolute atomic E-state index is 10.1. The summed E-state index contributed by atoms with van der Waals surface area (Å²) in [6.45, 7) is 0. The van der Waals surface area contributed by atoms with Crippen molar-refractivity contribution in [3.63, 3.8) is 0 Å². The molecule has 2 aromatic rings. The van der Waals surface area contributed by atoms with Crippen LogP contribution < -0.4 is 0 Å². The number of para-hydroxylation sites is 1. The maximum atomic E-state index is 10.1. The molecule has 1 heterocycles. The van der Waals surface area contributed by atoms with Gasteiger partial charge in [0.2, 0.25) is 0 Å². The Morgan fingerprint density at radius 1 is 1.19 bits per heavy atom. The lowest BCUT2D eigenvalue weighted by Crippen LogP contribution is -2.25. The summed E-state index contributed by atoms with van der Waals surface area (Å²) in [6, 6.07) is 7.72. The van der Waals surface area contributed by atoms with Gasteiger partial charge >= 0.3 is 0 Å². The van der Waals surface area contributed by atoms with E-state index in [4.69, 9.17) is 0 Å². The molecule has 0 saturated heterocycles. The van der Waals surface area contributed by atoms with E-state index in [9.17, 15) is 10.2 Å². The molecule has 0 bridgehead atoms. The van der Waals surface area contributed by atoms with Crippen molar-refractivity contribution in [3.05, 3.63) is 41.6 Å². The average Bonchev–Trinajstić information content (AvgIpc) is 2.33. The number of hydrogen-bond acceptors (Lipinski definition) is 3. The van der Waals surface area contributed by atoms with Crippen LogP contribution in [0.3, 0.4) is 0 Å². The van der Waals surface area contributed by atoms with Crippen molar-refractivity contribution in [2.45, 2.75) is 25.0 Å². The number of fused-ring (bicyclic) bond motifs is 3. The Balaban J connectivity index is 2.32. The molecule has 0 saturated carbocycles. The lowest BCUT2D eigenvalue weighted by molar-refractivity contribution is 0.00739. The first-order valence-corrected chi connectivity index (χ1v) is 5.50. The SMILES string of the molecule is O[C@@H]1c2c(cnc3ccccc23)CC[C@@H]1O. The van der Waals surface area contributed by atoms with Gasteiger partial charge in [0.05, 0.1) is 11.6 Å². The number of benzene rings is 1. The Morgan fingerprint density at radius 3 is 2.88 bits per heavy atom. The summed E-state index contributed by atoms with van der Waals surface area (Å²) in [7, 11) is 0. The van der Waals surface area contributed by atoms with E-state index in [0.29, 0.717) is 6.42 Å². The van der Waals surface area contributed by atoms with Gasteiger partial charge in [0.15, 0.2) is 0 Å². The van der Waals surface area contributed by atoms with Gasteiger partial charge in [-0.05, 0) is 30.0 Å². The second-order valence-corrected chi connectivity index (χ2v) is 4.27. The Morgan fingerprint density at radius 2 is 2.00 bits per heavy atom. The van der Waals surface area contributed by atoms with Gasteiger partial charge in [-0.1, -0.05) is 18.2 Å². The Bertz CT molecular complexity index is 538. The van der Waals surface area contributed by atoms with E-state index >= 15 is 0 Å². The first-order chi connectivity index (χ1) is 7.77. The smallest absolute Gasteiger partial charge is 0.106 e. The van der Waals surface area contributed by atoms with E-state index in [-0.39, 0.29) is 0 Å². The molecule has 0 radical (unpaired) electrons. The average molecular weight is 215 g/mol. The Kier molecular flexibility index (Phi) is 2.16. The van der Waals surface area contributed by atoms with Gasteiger partial charge in [0.25, 0.3) is 0 Å². The van der Waals surface area contributed by atoms with Gasteiger partial charge in [-0.2, -0.15) is 0 Å². The summed E-state index contributed by atoms with van der Waals surface area (Å²) >= 11 is 0. The molecule has 2 atom stereocenters. The zero-order chi connectivity index (χ0) is 11.1. The topological polar surface area (TPSA) is 53.4 Å². The molecule has 1 aromatic carbocycles. The van der Waals surface area contributed by atoms with Gasteiger partial charge in [-0.15, -0.1) is 0 Å². The number of aliphatic hydroxyl groups excluding tert-OH is 2. The van der Waals surface area contributed by atoms with Crippen molar-refractivity contribution in [3.8, 4) is 0 Å². The predicted octanol–water partition coefficient (Wildman–Crippen LogP) is 1.58. The number of pyridine rings is 1. The third kappa shape index (κ3) is 1.32. The highest BCUT2D eigenvalue weighted by molar-refractivity contribution is 5.83. The summed E-state index contributed by atoms with van der Waals surface area (Å²) in [5.74, 6) is 0. The summed E-state index contributed by atoms with van der Waals surface area (Å²) in [6.07, 6.45) is 1.77. The van der Waals surface area contributed by atoms with Crippen molar-refractivity contribution in [2.75, 3.05) is 0 Å². The Labute approximate surface area is 93.4 Å². The second kappa shape index (κ2) is 3.54. The van der Waals surface area contributed by atoms with Crippen LogP contribution in [0.15, 0.2) is 30.5 Å². The van der Waals surface area contributed by atoms with E-state index in [0.717, 1.165) is 28.5 Å². The van der Waals surface area contributed by atoms with Crippen molar-refractivity contribution in [1.29, 1.82) is 0 Å². The van der Waals surface area contributed by atoms with Crippen LogP contribution in [0.5, 0.6) is 0 Å². The monoisotopic (exact) mass is 215 g/mol. The minimum atomic E-state index is -0.781. The van der Waals surface area contributed by atoms with Crippen LogP contribution in [-0.4, -0.2) is 21.3 Å². The van der Waals surface area contributed by atoms with Gasteiger partial charge in [0, 0.05) is 11.6 Å². The number of nitrogens with zero attached hydrogens (tertiary/aromatic N) is 1. The highest BCUT2D eigenvalue weighted by atomic mass is 16.3. The van der Waals surface area contributed by atoms with E-state index < -0.39 is 12.2 Å². The fourth-order valence-electron chi connectivity index (χ4n) is 2.41. The van der Waals surface area contributed by atoms with Crippen LogP contribution in [-0.2, 0) is 6.42 Å². The van der Waals surface area contributed by atoms with Gasteiger partial charge in [-0.25, -0.2) is 0 Å². The molecule has 3 rings (SSSR count). The highest BCUT2D eigenvalue weighted by Crippen LogP contribution is 2.34. The number of hydrogen-bond donors (Lipinski definition) is 2. The van der Waals surface area contributed by atoms with Crippen LogP contribution in [0.2, 0.25) is 0 Å². The fourth-order valence-corrected chi connectivity index (χ4v) is 2.41. The van der Waals surface area contributed by atoms with Gasteiger partial charge in [0.1, 0.15) is 6.10 Å². The van der Waals surface area contributed by atoms with Crippen molar-refractivity contribution >= 4 is 10.9 Å². The van der Waals surface area contributed by atoms with Gasteiger partial charge in [-0.3, -0.25) is 4.98 Å². The molecule has 0 unspecified atom stereocenters. The Hall–Kier alpha value is -1.45. The molecular weight excluding hydrogens is 202 g/mol. The van der Waals surface area contributed by atoms with Crippen LogP contribution in [0, 0.1) is 0 Å². The van der Waals surface area contributed by atoms with Crippen molar-refractivity contribution < 1.29 is 10.2 Å². The molecule has 16 heavy (non-hydrogen) atoms. The molecule has 1 aliphatic rings. The standard InChI is InChI=1S/C13H13NO2/c15-11-6-5-8-7-14-10-4-2-1-3-9(10)12(8)13(11)16/h1-4,7,11,13,15-16H,5-6H2/t11-,13-/m0/s1. The van der Waals surface area contributed by atoms with E-state index in [1.807, 2.05) is 30.5 Å². The summed E-state index contributed by atoms with van der Waals surface area (Å²) in [5.41, 5.74) is 2.77. The number of aliphatic hydroxyl groups is 2. The molecule has 2 N–H and O–H groups in total. The van der Waals surface area contributed by atoms with Gasteiger partial charge < -0.3 is 10.2 Å². The quantitative estimate of drug-likeness (QED) is 0.701. The molecule has 0 fully saturated rings. The van der Waals surface area contributed by atoms with Crippen LogP contribution in [0.1, 0.15) is 23.7 Å².